The van der Waals surface area contributed by atoms with E-state index >= 15 is 0 Å². The van der Waals surface area contributed by atoms with Crippen LogP contribution in [0.4, 0.5) is 4.39 Å². The topological polar surface area (TPSA) is 54.7 Å². The number of benzene rings is 1. The third-order valence-corrected chi connectivity index (χ3v) is 3.10. The summed E-state index contributed by atoms with van der Waals surface area (Å²) in [5, 5.41) is 7.15. The highest BCUT2D eigenvalue weighted by molar-refractivity contribution is 5.59. The summed E-state index contributed by atoms with van der Waals surface area (Å²) in [6, 6.07) is 7.21. The zero-order chi connectivity index (χ0) is 13.1. The van der Waals surface area contributed by atoms with Crippen molar-refractivity contribution >= 4 is 0 Å². The molecule has 0 aliphatic carbocycles. The molecule has 1 atom stereocenters. The number of halogens is 1. The first-order valence-corrected chi connectivity index (χ1v) is 6.16. The second-order valence-corrected chi connectivity index (χ2v) is 4.61. The predicted molar refractivity (Wildman–Crippen MR) is 70.7 cm³/mol. The molecule has 0 saturated carbocycles. The predicted octanol–water partition coefficient (Wildman–Crippen LogP) is 2.80. The van der Waals surface area contributed by atoms with E-state index in [2.05, 4.69) is 17.1 Å². The summed E-state index contributed by atoms with van der Waals surface area (Å²) in [5.74, 6) is -0.206. The Hall–Kier alpha value is -1.68. The van der Waals surface area contributed by atoms with E-state index in [0.717, 1.165) is 29.8 Å². The second kappa shape index (κ2) is 5.31. The first-order chi connectivity index (χ1) is 8.60. The van der Waals surface area contributed by atoms with E-state index in [4.69, 9.17) is 5.73 Å². The SMILES string of the molecule is CCC(N)Cc1cc(-c2ccc(C)c(F)c2)n[nH]1. The van der Waals surface area contributed by atoms with Crippen LogP contribution in [-0.4, -0.2) is 16.2 Å². The van der Waals surface area contributed by atoms with Gasteiger partial charge in [-0.3, -0.25) is 5.10 Å². The third kappa shape index (κ3) is 2.76. The van der Waals surface area contributed by atoms with Gasteiger partial charge < -0.3 is 5.73 Å². The van der Waals surface area contributed by atoms with E-state index in [1.165, 1.54) is 6.07 Å². The number of hydrogen-bond acceptors (Lipinski definition) is 2. The maximum absolute atomic E-state index is 13.5. The van der Waals surface area contributed by atoms with E-state index in [0.29, 0.717) is 5.56 Å². The third-order valence-electron chi connectivity index (χ3n) is 3.10. The summed E-state index contributed by atoms with van der Waals surface area (Å²) in [4.78, 5) is 0. The van der Waals surface area contributed by atoms with Crippen molar-refractivity contribution < 1.29 is 4.39 Å². The van der Waals surface area contributed by atoms with Gasteiger partial charge in [0.25, 0.3) is 0 Å². The van der Waals surface area contributed by atoms with Crippen LogP contribution in [0.15, 0.2) is 24.3 Å². The van der Waals surface area contributed by atoms with Gasteiger partial charge in [0, 0.05) is 23.7 Å². The smallest absolute Gasteiger partial charge is 0.126 e. The van der Waals surface area contributed by atoms with Gasteiger partial charge in [0.2, 0.25) is 0 Å². The van der Waals surface area contributed by atoms with Crippen LogP contribution in [0, 0.1) is 12.7 Å². The average Bonchev–Trinajstić information content (AvgIpc) is 2.81. The number of aromatic amines is 1. The summed E-state index contributed by atoms with van der Waals surface area (Å²) in [5.41, 5.74) is 9.06. The van der Waals surface area contributed by atoms with E-state index in [-0.39, 0.29) is 11.9 Å². The molecule has 0 saturated heterocycles. The van der Waals surface area contributed by atoms with Crippen molar-refractivity contribution in [3.63, 3.8) is 0 Å². The number of H-pyrrole nitrogens is 1. The zero-order valence-corrected chi connectivity index (χ0v) is 10.7. The highest BCUT2D eigenvalue weighted by Gasteiger charge is 2.08. The van der Waals surface area contributed by atoms with E-state index in [1.807, 2.05) is 12.1 Å². The molecule has 4 heteroatoms. The molecule has 96 valence electrons. The molecule has 0 fully saturated rings. The van der Waals surface area contributed by atoms with Gasteiger partial charge in [0.1, 0.15) is 5.82 Å². The van der Waals surface area contributed by atoms with E-state index < -0.39 is 0 Å². The summed E-state index contributed by atoms with van der Waals surface area (Å²) < 4.78 is 13.5. The lowest BCUT2D eigenvalue weighted by molar-refractivity contribution is 0.619. The Morgan fingerprint density at radius 3 is 2.83 bits per heavy atom. The maximum atomic E-state index is 13.5. The molecule has 0 bridgehead atoms. The van der Waals surface area contributed by atoms with Gasteiger partial charge in [-0.05, 0) is 31.0 Å². The quantitative estimate of drug-likeness (QED) is 0.872. The zero-order valence-electron chi connectivity index (χ0n) is 10.7. The Labute approximate surface area is 106 Å². The lowest BCUT2D eigenvalue weighted by atomic mass is 10.1. The van der Waals surface area contributed by atoms with Gasteiger partial charge >= 0.3 is 0 Å². The number of aryl methyl sites for hydroxylation is 1. The van der Waals surface area contributed by atoms with Gasteiger partial charge in [-0.15, -0.1) is 0 Å². The Morgan fingerprint density at radius 1 is 1.39 bits per heavy atom. The minimum atomic E-state index is -0.206. The average molecular weight is 247 g/mol. The van der Waals surface area contributed by atoms with Crippen molar-refractivity contribution in [3.05, 3.63) is 41.3 Å². The summed E-state index contributed by atoms with van der Waals surface area (Å²) in [6.45, 7) is 3.80. The van der Waals surface area contributed by atoms with Crippen molar-refractivity contribution in [1.29, 1.82) is 0 Å². The van der Waals surface area contributed by atoms with Crippen LogP contribution in [0.3, 0.4) is 0 Å². The van der Waals surface area contributed by atoms with Crippen LogP contribution in [0.1, 0.15) is 24.6 Å². The van der Waals surface area contributed by atoms with Crippen LogP contribution in [0.25, 0.3) is 11.3 Å². The Morgan fingerprint density at radius 2 is 2.17 bits per heavy atom. The van der Waals surface area contributed by atoms with Crippen LogP contribution in [0.2, 0.25) is 0 Å². The molecule has 0 amide bonds. The molecule has 0 aliphatic heterocycles. The van der Waals surface area contributed by atoms with Gasteiger partial charge in [-0.25, -0.2) is 4.39 Å². The highest BCUT2D eigenvalue weighted by atomic mass is 19.1. The first kappa shape index (κ1) is 12.8. The highest BCUT2D eigenvalue weighted by Crippen LogP contribution is 2.20. The van der Waals surface area contributed by atoms with E-state index in [1.54, 1.807) is 13.0 Å². The number of nitrogens with two attached hydrogens (primary N) is 1. The van der Waals surface area contributed by atoms with Crippen LogP contribution in [0.5, 0.6) is 0 Å². The van der Waals surface area contributed by atoms with Gasteiger partial charge in [-0.2, -0.15) is 5.10 Å². The monoisotopic (exact) mass is 247 g/mol. The first-order valence-electron chi connectivity index (χ1n) is 6.16. The molecule has 0 radical (unpaired) electrons. The van der Waals surface area contributed by atoms with Crippen molar-refractivity contribution in [2.75, 3.05) is 0 Å². The van der Waals surface area contributed by atoms with Gasteiger partial charge in [0.15, 0.2) is 0 Å². The lowest BCUT2D eigenvalue weighted by Gasteiger charge is -2.04. The molecule has 1 aromatic heterocycles. The van der Waals surface area contributed by atoms with Crippen LogP contribution >= 0.6 is 0 Å². The van der Waals surface area contributed by atoms with Crippen molar-refractivity contribution in [3.8, 4) is 11.3 Å². The summed E-state index contributed by atoms with van der Waals surface area (Å²) in [6.07, 6.45) is 1.69. The number of aromatic nitrogens is 2. The Kier molecular flexibility index (Phi) is 3.77. The molecule has 3 N–H and O–H groups in total. The standard InChI is InChI=1S/C14H18FN3/c1-3-11(16)7-12-8-14(18-17-12)10-5-4-9(2)13(15)6-10/h4-6,8,11H,3,7,16H2,1-2H3,(H,17,18). The molecular weight excluding hydrogens is 229 g/mol. The fourth-order valence-corrected chi connectivity index (χ4v) is 1.79. The molecule has 1 aromatic carbocycles. The number of nitrogens with zero attached hydrogens (tertiary/aromatic N) is 1. The fourth-order valence-electron chi connectivity index (χ4n) is 1.79. The normalized spacial score (nSPS) is 12.7. The largest absolute Gasteiger partial charge is 0.327 e. The summed E-state index contributed by atoms with van der Waals surface area (Å²) >= 11 is 0. The van der Waals surface area contributed by atoms with Crippen molar-refractivity contribution in [2.24, 2.45) is 5.73 Å². The number of hydrogen-bond donors (Lipinski definition) is 2. The fraction of sp³-hybridized carbons (Fsp3) is 0.357. The summed E-state index contributed by atoms with van der Waals surface area (Å²) in [7, 11) is 0. The minimum absolute atomic E-state index is 0.132. The van der Waals surface area contributed by atoms with Crippen LogP contribution < -0.4 is 5.73 Å². The van der Waals surface area contributed by atoms with Crippen LogP contribution in [-0.2, 0) is 6.42 Å². The maximum Gasteiger partial charge on any atom is 0.126 e. The van der Waals surface area contributed by atoms with Gasteiger partial charge in [0.05, 0.1) is 5.69 Å². The molecule has 1 heterocycles. The molecule has 0 aliphatic rings. The molecule has 2 aromatic rings. The molecule has 18 heavy (non-hydrogen) atoms. The molecule has 2 rings (SSSR count). The lowest BCUT2D eigenvalue weighted by Crippen LogP contribution is -2.21. The molecule has 3 nitrogen and oxygen atoms in total. The second-order valence-electron chi connectivity index (χ2n) is 4.61. The number of rotatable bonds is 4. The van der Waals surface area contributed by atoms with Crippen molar-refractivity contribution in [1.82, 2.24) is 10.2 Å². The Balaban J connectivity index is 2.21. The molecule has 0 spiro atoms. The van der Waals surface area contributed by atoms with Crippen molar-refractivity contribution in [2.45, 2.75) is 32.7 Å². The van der Waals surface area contributed by atoms with Gasteiger partial charge in [-0.1, -0.05) is 19.1 Å². The molecular formula is C14H18FN3. The minimum Gasteiger partial charge on any atom is -0.327 e. The number of nitrogens with one attached hydrogen (secondary N) is 1. The van der Waals surface area contributed by atoms with E-state index in [9.17, 15) is 4.39 Å². The molecule has 1 unspecified atom stereocenters. The Bertz CT molecular complexity index is 534.